The molecule has 1 saturated heterocycles. The van der Waals surface area contributed by atoms with E-state index in [2.05, 4.69) is 0 Å². The smallest absolute Gasteiger partial charge is 0.264 e. The normalized spacial score (nSPS) is 18.4. The molecule has 6 nitrogen and oxygen atoms in total. The number of carbonyl (C=O) groups excluding carboxylic acids is 2. The molecule has 2 amide bonds. The van der Waals surface area contributed by atoms with E-state index in [0.717, 1.165) is 11.1 Å². The Hall–Kier alpha value is -3.27. The molecule has 0 spiro atoms. The number of hydrogen-bond donors (Lipinski definition) is 0. The standard InChI is InChI=1S/C28H26N2O4S3/c31-27(25-13-7-15-35-25)29(17-21-9-3-1-4-10-21)23-19-37(33,34)20-24(23)30(18-22-11-5-2-6-12-22)28(32)26-14-8-16-36-26/h1-16,23-24H,17-20H2/t23-,24-/m1/s1. The molecule has 1 aliphatic rings. The van der Waals surface area contributed by atoms with Crippen LogP contribution in [0.25, 0.3) is 0 Å². The maximum Gasteiger partial charge on any atom is 0.264 e. The summed E-state index contributed by atoms with van der Waals surface area (Å²) in [4.78, 5) is 31.9. The fourth-order valence-electron chi connectivity index (χ4n) is 4.73. The van der Waals surface area contributed by atoms with Crippen molar-refractivity contribution in [2.24, 2.45) is 0 Å². The summed E-state index contributed by atoms with van der Waals surface area (Å²) in [5, 5.41) is 3.66. The summed E-state index contributed by atoms with van der Waals surface area (Å²) in [6.45, 7) is 0.501. The van der Waals surface area contributed by atoms with Gasteiger partial charge in [-0.25, -0.2) is 8.42 Å². The van der Waals surface area contributed by atoms with Crippen LogP contribution in [0.4, 0.5) is 0 Å². The number of carbonyl (C=O) groups is 2. The summed E-state index contributed by atoms with van der Waals surface area (Å²) in [5.74, 6) is -0.835. The number of benzene rings is 2. The first-order valence-corrected chi connectivity index (χ1v) is 15.5. The summed E-state index contributed by atoms with van der Waals surface area (Å²) in [6, 6.07) is 24.8. The molecule has 2 atom stereocenters. The van der Waals surface area contributed by atoms with E-state index in [1.165, 1.54) is 22.7 Å². The van der Waals surface area contributed by atoms with Gasteiger partial charge in [0.1, 0.15) is 0 Å². The minimum atomic E-state index is -3.50. The molecular formula is C28H26N2O4S3. The highest BCUT2D eigenvalue weighted by Crippen LogP contribution is 2.30. The Morgan fingerprint density at radius 2 is 1.05 bits per heavy atom. The van der Waals surface area contributed by atoms with Gasteiger partial charge in [-0.2, -0.15) is 0 Å². The van der Waals surface area contributed by atoms with Gasteiger partial charge in [-0.15, -0.1) is 22.7 Å². The molecule has 1 aliphatic heterocycles. The Bertz CT molecular complexity index is 1330. The van der Waals surface area contributed by atoms with Crippen molar-refractivity contribution in [3.8, 4) is 0 Å². The third kappa shape index (κ3) is 5.84. The second-order valence-corrected chi connectivity index (χ2v) is 13.1. The number of sulfone groups is 1. The molecule has 0 aliphatic carbocycles. The minimum Gasteiger partial charge on any atom is -0.328 e. The van der Waals surface area contributed by atoms with E-state index in [4.69, 9.17) is 0 Å². The van der Waals surface area contributed by atoms with Crippen LogP contribution in [0, 0.1) is 0 Å². The second kappa shape index (κ2) is 11.0. The SMILES string of the molecule is O=C(c1cccs1)N(Cc1ccccc1)[C@@H]1CS(=O)(=O)C[C@H]1N(Cc1ccccc1)C(=O)c1cccs1. The van der Waals surface area contributed by atoms with E-state index in [1.54, 1.807) is 21.9 Å². The second-order valence-electron chi connectivity index (χ2n) is 9.00. The van der Waals surface area contributed by atoms with Crippen LogP contribution in [0.1, 0.15) is 30.5 Å². The number of rotatable bonds is 8. The molecule has 2 aromatic carbocycles. The van der Waals surface area contributed by atoms with Crippen molar-refractivity contribution < 1.29 is 18.0 Å². The number of amides is 2. The van der Waals surface area contributed by atoms with Crippen LogP contribution >= 0.6 is 22.7 Å². The van der Waals surface area contributed by atoms with Gasteiger partial charge < -0.3 is 9.80 Å². The van der Waals surface area contributed by atoms with Crippen molar-refractivity contribution in [3.05, 3.63) is 117 Å². The predicted octanol–water partition coefficient (Wildman–Crippen LogP) is 4.96. The lowest BCUT2D eigenvalue weighted by Crippen LogP contribution is -2.54. The maximum absolute atomic E-state index is 13.8. The highest BCUT2D eigenvalue weighted by molar-refractivity contribution is 7.91. The van der Waals surface area contributed by atoms with Gasteiger partial charge in [0.15, 0.2) is 9.84 Å². The van der Waals surface area contributed by atoms with E-state index in [1.807, 2.05) is 83.6 Å². The Balaban J connectivity index is 1.57. The fourth-order valence-corrected chi connectivity index (χ4v) is 8.07. The van der Waals surface area contributed by atoms with Gasteiger partial charge in [-0.3, -0.25) is 9.59 Å². The van der Waals surface area contributed by atoms with Crippen LogP contribution in [0.3, 0.4) is 0 Å². The summed E-state index contributed by atoms with van der Waals surface area (Å²) < 4.78 is 26.2. The van der Waals surface area contributed by atoms with Crippen molar-refractivity contribution in [2.45, 2.75) is 25.2 Å². The quantitative estimate of drug-likeness (QED) is 0.311. The molecule has 0 bridgehead atoms. The van der Waals surface area contributed by atoms with Crippen LogP contribution in [-0.4, -0.2) is 53.6 Å². The highest BCUT2D eigenvalue weighted by Gasteiger charge is 2.47. The zero-order valence-electron chi connectivity index (χ0n) is 20.0. The molecule has 2 aromatic heterocycles. The van der Waals surface area contributed by atoms with Crippen LogP contribution in [0.15, 0.2) is 95.7 Å². The van der Waals surface area contributed by atoms with Crippen molar-refractivity contribution in [1.82, 2.24) is 9.80 Å². The molecule has 1 fully saturated rings. The number of hydrogen-bond acceptors (Lipinski definition) is 6. The monoisotopic (exact) mass is 550 g/mol. The predicted molar refractivity (Wildman–Crippen MR) is 147 cm³/mol. The molecular weight excluding hydrogens is 525 g/mol. The average molecular weight is 551 g/mol. The summed E-state index contributed by atoms with van der Waals surface area (Å²) in [7, 11) is -3.50. The minimum absolute atomic E-state index is 0.190. The van der Waals surface area contributed by atoms with E-state index >= 15 is 0 Å². The summed E-state index contributed by atoms with van der Waals surface area (Å²) in [6.07, 6.45) is 0. The average Bonchev–Trinajstić information content (AvgIpc) is 3.68. The fraction of sp³-hybridized carbons (Fsp3) is 0.214. The first kappa shape index (κ1) is 25.4. The molecule has 5 rings (SSSR count). The summed E-state index contributed by atoms with van der Waals surface area (Å²) >= 11 is 2.65. The van der Waals surface area contributed by atoms with E-state index in [0.29, 0.717) is 9.75 Å². The topological polar surface area (TPSA) is 74.8 Å². The van der Waals surface area contributed by atoms with Gasteiger partial charge in [0, 0.05) is 13.1 Å². The Labute approximate surface area is 224 Å². The van der Waals surface area contributed by atoms with Crippen LogP contribution in [0.2, 0.25) is 0 Å². The van der Waals surface area contributed by atoms with E-state index in [-0.39, 0.29) is 36.4 Å². The third-order valence-electron chi connectivity index (χ3n) is 6.47. The number of nitrogens with zero attached hydrogens (tertiary/aromatic N) is 2. The lowest BCUT2D eigenvalue weighted by atomic mass is 10.0. The van der Waals surface area contributed by atoms with Crippen molar-refractivity contribution in [2.75, 3.05) is 11.5 Å². The Morgan fingerprint density at radius 1 is 0.649 bits per heavy atom. The largest absolute Gasteiger partial charge is 0.328 e. The van der Waals surface area contributed by atoms with Gasteiger partial charge in [0.2, 0.25) is 0 Å². The van der Waals surface area contributed by atoms with E-state index < -0.39 is 21.9 Å². The molecule has 190 valence electrons. The van der Waals surface area contributed by atoms with Crippen molar-refractivity contribution >= 4 is 44.3 Å². The molecule has 9 heteroatoms. The van der Waals surface area contributed by atoms with Crippen LogP contribution in [-0.2, 0) is 22.9 Å². The van der Waals surface area contributed by atoms with Crippen molar-refractivity contribution in [3.63, 3.8) is 0 Å². The van der Waals surface area contributed by atoms with Crippen molar-refractivity contribution in [1.29, 1.82) is 0 Å². The van der Waals surface area contributed by atoms with Gasteiger partial charge in [0.25, 0.3) is 11.8 Å². The molecule has 0 unspecified atom stereocenters. The Morgan fingerprint density at radius 3 is 1.41 bits per heavy atom. The highest BCUT2D eigenvalue weighted by atomic mass is 32.2. The third-order valence-corrected chi connectivity index (χ3v) is 9.89. The van der Waals surface area contributed by atoms with Crippen LogP contribution < -0.4 is 0 Å². The zero-order chi connectivity index (χ0) is 25.8. The van der Waals surface area contributed by atoms with E-state index in [9.17, 15) is 18.0 Å². The molecule has 0 N–H and O–H groups in total. The van der Waals surface area contributed by atoms with Gasteiger partial charge in [0.05, 0.1) is 33.3 Å². The van der Waals surface area contributed by atoms with Crippen LogP contribution in [0.5, 0.6) is 0 Å². The maximum atomic E-state index is 13.8. The Kier molecular flexibility index (Phi) is 7.55. The van der Waals surface area contributed by atoms with Gasteiger partial charge in [-0.05, 0) is 34.0 Å². The molecule has 4 aromatic rings. The molecule has 3 heterocycles. The zero-order valence-corrected chi connectivity index (χ0v) is 22.4. The van der Waals surface area contributed by atoms with Gasteiger partial charge >= 0.3 is 0 Å². The first-order chi connectivity index (χ1) is 17.9. The molecule has 0 radical (unpaired) electrons. The molecule has 0 saturated carbocycles. The first-order valence-electron chi connectivity index (χ1n) is 11.9. The number of thiophene rings is 2. The van der Waals surface area contributed by atoms with Gasteiger partial charge in [-0.1, -0.05) is 72.8 Å². The molecule has 37 heavy (non-hydrogen) atoms. The lowest BCUT2D eigenvalue weighted by Gasteiger charge is -2.38. The lowest BCUT2D eigenvalue weighted by molar-refractivity contribution is 0.0463. The summed E-state index contributed by atoms with van der Waals surface area (Å²) in [5.41, 5.74) is 1.80.